The van der Waals surface area contributed by atoms with Crippen molar-refractivity contribution in [1.29, 1.82) is 0 Å². The van der Waals surface area contributed by atoms with Crippen molar-refractivity contribution in [2.45, 2.75) is 32.4 Å². The second-order valence-corrected chi connectivity index (χ2v) is 9.03. The number of aromatic nitrogens is 4. The number of rotatable bonds is 5. The molecule has 160 valence electrons. The molecule has 6 nitrogen and oxygen atoms in total. The standard InChI is InChI=1S/C20H22F3N5OS/c1-12-7-19(30-26-12)27-9-13-5-6-14(10-27)15(13)8-16-24-17-3-2-4-18(28(17)25-16)29-11-20(21,22)23/h2-4,7,13-15H,5-6,8-11H2,1H3/t13-,14+,15?. The van der Waals surface area contributed by atoms with Crippen molar-refractivity contribution in [3.8, 4) is 5.88 Å². The summed E-state index contributed by atoms with van der Waals surface area (Å²) >= 11 is 1.56. The van der Waals surface area contributed by atoms with Gasteiger partial charge in [-0.05, 0) is 61.2 Å². The number of pyridine rings is 1. The van der Waals surface area contributed by atoms with Gasteiger partial charge in [0, 0.05) is 25.6 Å². The van der Waals surface area contributed by atoms with Crippen molar-refractivity contribution in [2.75, 3.05) is 24.6 Å². The smallest absolute Gasteiger partial charge is 0.422 e. The van der Waals surface area contributed by atoms with Gasteiger partial charge in [0.2, 0.25) is 5.88 Å². The monoisotopic (exact) mass is 437 g/mol. The molecule has 2 aliphatic rings. The molecule has 0 N–H and O–H groups in total. The Kier molecular flexibility index (Phi) is 4.83. The highest BCUT2D eigenvalue weighted by atomic mass is 32.1. The van der Waals surface area contributed by atoms with Gasteiger partial charge in [0.05, 0.1) is 5.69 Å². The maximum Gasteiger partial charge on any atom is 0.422 e. The van der Waals surface area contributed by atoms with E-state index in [0.717, 1.165) is 25.2 Å². The third-order valence-electron chi connectivity index (χ3n) is 6.13. The van der Waals surface area contributed by atoms with Gasteiger partial charge in [0.15, 0.2) is 18.1 Å². The Balaban J connectivity index is 1.31. The maximum atomic E-state index is 12.5. The Labute approximate surface area is 175 Å². The first-order valence-electron chi connectivity index (χ1n) is 10.1. The normalized spacial score (nSPS) is 24.0. The van der Waals surface area contributed by atoms with Gasteiger partial charge in [-0.15, -0.1) is 5.10 Å². The Bertz CT molecular complexity index is 1030. The van der Waals surface area contributed by atoms with E-state index in [2.05, 4.69) is 25.4 Å². The van der Waals surface area contributed by atoms with Crippen LogP contribution in [0.1, 0.15) is 24.4 Å². The highest BCUT2D eigenvalue weighted by Crippen LogP contribution is 2.45. The number of piperidine rings is 1. The molecular formula is C20H22F3N5OS. The molecule has 0 spiro atoms. The van der Waals surface area contributed by atoms with Crippen LogP contribution in [0.3, 0.4) is 0 Å². The largest absolute Gasteiger partial charge is 0.468 e. The summed E-state index contributed by atoms with van der Waals surface area (Å²) in [7, 11) is 0. The van der Waals surface area contributed by atoms with Gasteiger partial charge < -0.3 is 9.64 Å². The summed E-state index contributed by atoms with van der Waals surface area (Å²) in [5.74, 6) is 2.36. The summed E-state index contributed by atoms with van der Waals surface area (Å²) in [6.07, 6.45) is -1.27. The number of aryl methyl sites for hydroxylation is 1. The van der Waals surface area contributed by atoms with Crippen molar-refractivity contribution in [1.82, 2.24) is 19.0 Å². The Morgan fingerprint density at radius 3 is 2.63 bits per heavy atom. The predicted octanol–water partition coefficient (Wildman–Crippen LogP) is 4.14. The van der Waals surface area contributed by atoms with E-state index in [-0.39, 0.29) is 5.88 Å². The summed E-state index contributed by atoms with van der Waals surface area (Å²) in [5, 5.41) is 5.71. The van der Waals surface area contributed by atoms with E-state index in [4.69, 9.17) is 4.74 Å². The van der Waals surface area contributed by atoms with Gasteiger partial charge in [-0.1, -0.05) is 6.07 Å². The quantitative estimate of drug-likeness (QED) is 0.601. The lowest BCUT2D eigenvalue weighted by Gasteiger charge is -2.38. The van der Waals surface area contributed by atoms with E-state index in [1.54, 1.807) is 23.7 Å². The number of hydrogen-bond donors (Lipinski definition) is 0. The molecule has 3 aromatic rings. The molecular weight excluding hydrogens is 415 g/mol. The fraction of sp³-hybridized carbons (Fsp3) is 0.550. The first kappa shape index (κ1) is 19.6. The van der Waals surface area contributed by atoms with Gasteiger partial charge in [-0.2, -0.15) is 22.1 Å². The van der Waals surface area contributed by atoms with Crippen LogP contribution in [0.25, 0.3) is 5.65 Å². The van der Waals surface area contributed by atoms with Crippen molar-refractivity contribution < 1.29 is 17.9 Å². The highest BCUT2D eigenvalue weighted by molar-refractivity contribution is 7.10. The van der Waals surface area contributed by atoms with Gasteiger partial charge >= 0.3 is 6.18 Å². The summed E-state index contributed by atoms with van der Waals surface area (Å²) in [5.41, 5.74) is 1.57. The molecule has 1 saturated carbocycles. The van der Waals surface area contributed by atoms with Crippen LogP contribution in [0.4, 0.5) is 18.2 Å². The second kappa shape index (κ2) is 7.40. The Hall–Kier alpha value is -2.36. The second-order valence-electron chi connectivity index (χ2n) is 8.24. The molecule has 3 atom stereocenters. The first-order chi connectivity index (χ1) is 14.4. The molecule has 1 saturated heterocycles. The van der Waals surface area contributed by atoms with Crippen LogP contribution in [0, 0.1) is 24.7 Å². The summed E-state index contributed by atoms with van der Waals surface area (Å²) < 4.78 is 48.3. The number of ether oxygens (including phenoxy) is 1. The summed E-state index contributed by atoms with van der Waals surface area (Å²) in [6, 6.07) is 7.01. The number of nitrogens with zero attached hydrogens (tertiary/aromatic N) is 5. The van der Waals surface area contributed by atoms with Crippen LogP contribution in [-0.2, 0) is 6.42 Å². The Morgan fingerprint density at radius 2 is 1.97 bits per heavy atom. The summed E-state index contributed by atoms with van der Waals surface area (Å²) in [4.78, 5) is 7.01. The molecule has 5 rings (SSSR count). The minimum absolute atomic E-state index is 0.0573. The van der Waals surface area contributed by atoms with E-state index in [9.17, 15) is 13.2 Å². The number of fused-ring (bicyclic) bond motifs is 3. The minimum atomic E-state index is -4.39. The zero-order chi connectivity index (χ0) is 20.9. The molecule has 0 radical (unpaired) electrons. The topological polar surface area (TPSA) is 55.6 Å². The Morgan fingerprint density at radius 1 is 1.20 bits per heavy atom. The number of alkyl halides is 3. The molecule has 1 aliphatic carbocycles. The SMILES string of the molecule is Cc1cc(N2C[C@H]3CC[C@@H](C2)C3Cc2nc3cccc(OCC(F)(F)F)n3n2)sn1. The van der Waals surface area contributed by atoms with Crippen LogP contribution in [0.2, 0.25) is 0 Å². The molecule has 1 unspecified atom stereocenters. The van der Waals surface area contributed by atoms with E-state index in [1.807, 2.05) is 6.92 Å². The zero-order valence-electron chi connectivity index (χ0n) is 16.5. The number of anilines is 1. The highest BCUT2D eigenvalue weighted by Gasteiger charge is 2.42. The van der Waals surface area contributed by atoms with Gasteiger partial charge in [0.25, 0.3) is 0 Å². The lowest BCUT2D eigenvalue weighted by atomic mass is 9.82. The molecule has 30 heavy (non-hydrogen) atoms. The predicted molar refractivity (Wildman–Crippen MR) is 107 cm³/mol. The third-order valence-corrected chi connectivity index (χ3v) is 7.07. The maximum absolute atomic E-state index is 12.5. The average molecular weight is 437 g/mol. The van der Waals surface area contributed by atoms with Crippen molar-refractivity contribution >= 4 is 22.2 Å². The number of hydrogen-bond acceptors (Lipinski definition) is 6. The fourth-order valence-electron chi connectivity index (χ4n) is 4.84. The average Bonchev–Trinajstić information content (AvgIpc) is 3.36. The van der Waals surface area contributed by atoms with Gasteiger partial charge in [0.1, 0.15) is 5.00 Å². The molecule has 0 aromatic carbocycles. The summed E-state index contributed by atoms with van der Waals surface area (Å²) in [6.45, 7) is 2.69. The van der Waals surface area contributed by atoms with E-state index < -0.39 is 12.8 Å². The molecule has 4 heterocycles. The van der Waals surface area contributed by atoms with E-state index >= 15 is 0 Å². The molecule has 1 aliphatic heterocycles. The van der Waals surface area contributed by atoms with Crippen molar-refractivity contribution in [3.05, 3.63) is 35.8 Å². The molecule has 3 aromatic heterocycles. The minimum Gasteiger partial charge on any atom is -0.468 e. The number of halogens is 3. The van der Waals surface area contributed by atoms with E-state index in [1.165, 1.54) is 28.4 Å². The van der Waals surface area contributed by atoms with E-state index in [0.29, 0.717) is 29.2 Å². The zero-order valence-corrected chi connectivity index (χ0v) is 17.3. The van der Waals surface area contributed by atoms with Crippen LogP contribution >= 0.6 is 11.5 Å². The molecule has 0 amide bonds. The van der Waals surface area contributed by atoms with Crippen molar-refractivity contribution in [2.24, 2.45) is 17.8 Å². The van der Waals surface area contributed by atoms with Crippen LogP contribution in [0.15, 0.2) is 24.3 Å². The third kappa shape index (κ3) is 3.84. The molecule has 2 bridgehead atoms. The van der Waals surface area contributed by atoms with Gasteiger partial charge in [-0.3, -0.25) is 0 Å². The van der Waals surface area contributed by atoms with Crippen molar-refractivity contribution in [3.63, 3.8) is 0 Å². The molecule has 10 heteroatoms. The van der Waals surface area contributed by atoms with Crippen LogP contribution in [0.5, 0.6) is 5.88 Å². The molecule has 2 fully saturated rings. The fourth-order valence-corrected chi connectivity index (χ4v) is 5.61. The van der Waals surface area contributed by atoms with Crippen LogP contribution < -0.4 is 9.64 Å². The lowest BCUT2D eigenvalue weighted by molar-refractivity contribution is -0.154. The lowest BCUT2D eigenvalue weighted by Crippen LogP contribution is -2.42. The van der Waals surface area contributed by atoms with Gasteiger partial charge in [-0.25, -0.2) is 4.98 Å². The van der Waals surface area contributed by atoms with Crippen LogP contribution in [-0.4, -0.2) is 44.8 Å². The first-order valence-corrected chi connectivity index (χ1v) is 10.9.